The van der Waals surface area contributed by atoms with Crippen LogP contribution in [0.3, 0.4) is 0 Å². The minimum Gasteiger partial charge on any atom is -0.396 e. The van der Waals surface area contributed by atoms with Crippen LogP contribution in [0.1, 0.15) is 30.9 Å². The molecule has 0 bridgehead atoms. The number of fused-ring (bicyclic) bond motifs is 2. The van der Waals surface area contributed by atoms with Crippen LogP contribution in [0.5, 0.6) is 0 Å². The van der Waals surface area contributed by atoms with E-state index in [1.165, 1.54) is 0 Å². The number of hydrogen-bond donors (Lipinski definition) is 1. The highest BCUT2D eigenvalue weighted by Gasteiger charge is 2.59. The molecule has 5 rings (SSSR count). The van der Waals surface area contributed by atoms with Gasteiger partial charge in [-0.15, -0.1) is 0 Å². The second-order valence-corrected chi connectivity index (χ2v) is 9.01. The van der Waals surface area contributed by atoms with E-state index in [-0.39, 0.29) is 24.5 Å². The van der Waals surface area contributed by atoms with Crippen molar-refractivity contribution < 1.29 is 19.4 Å². The number of aliphatic hydroxyl groups is 1. The molecular formula is C28H28N2O4. The van der Waals surface area contributed by atoms with Gasteiger partial charge in [-0.3, -0.25) is 14.5 Å². The maximum atomic E-state index is 13.8. The summed E-state index contributed by atoms with van der Waals surface area (Å²) in [5.74, 6) is -0.0402. The van der Waals surface area contributed by atoms with Gasteiger partial charge in [0.2, 0.25) is 6.41 Å². The number of anilines is 3. The molecule has 2 aliphatic heterocycles. The van der Waals surface area contributed by atoms with Crippen molar-refractivity contribution >= 4 is 29.4 Å². The van der Waals surface area contributed by atoms with Crippen LogP contribution in [0.2, 0.25) is 0 Å². The van der Waals surface area contributed by atoms with Crippen molar-refractivity contribution in [3.8, 4) is 0 Å². The maximum absolute atomic E-state index is 13.8. The Balaban J connectivity index is 1.42. The molecule has 0 aromatic heterocycles. The molecule has 6 heteroatoms. The molecule has 1 saturated heterocycles. The van der Waals surface area contributed by atoms with Crippen LogP contribution in [0.4, 0.5) is 17.1 Å². The first-order valence-corrected chi connectivity index (χ1v) is 11.7. The van der Waals surface area contributed by atoms with E-state index in [1.807, 2.05) is 78.9 Å². The summed E-state index contributed by atoms with van der Waals surface area (Å²) in [5.41, 5.74) is 3.28. The fourth-order valence-corrected chi connectivity index (χ4v) is 5.31. The summed E-state index contributed by atoms with van der Waals surface area (Å²) in [4.78, 5) is 29.0. The Bertz CT molecular complexity index is 1180. The van der Waals surface area contributed by atoms with Crippen LogP contribution >= 0.6 is 0 Å². The molecule has 2 aliphatic rings. The second-order valence-electron chi connectivity index (χ2n) is 9.01. The minimum atomic E-state index is -1.00. The Hall–Kier alpha value is -3.48. The van der Waals surface area contributed by atoms with Crippen LogP contribution < -0.4 is 9.80 Å². The topological polar surface area (TPSA) is 70.1 Å². The van der Waals surface area contributed by atoms with Gasteiger partial charge < -0.3 is 14.7 Å². The summed E-state index contributed by atoms with van der Waals surface area (Å²) < 4.78 is 6.39. The van der Waals surface area contributed by atoms with Crippen molar-refractivity contribution in [2.45, 2.75) is 38.0 Å². The highest BCUT2D eigenvalue weighted by molar-refractivity contribution is 6.07. The van der Waals surface area contributed by atoms with Gasteiger partial charge in [0.15, 0.2) is 5.60 Å². The molecule has 1 N–H and O–H groups in total. The molecule has 34 heavy (non-hydrogen) atoms. The van der Waals surface area contributed by atoms with Crippen molar-refractivity contribution in [2.24, 2.45) is 5.92 Å². The summed E-state index contributed by atoms with van der Waals surface area (Å²) in [6.07, 6.45) is 1.93. The molecule has 2 amide bonds. The summed E-state index contributed by atoms with van der Waals surface area (Å²) >= 11 is 0. The summed E-state index contributed by atoms with van der Waals surface area (Å²) in [7, 11) is 0. The number of nitrogens with zero attached hydrogens (tertiary/aromatic N) is 2. The Morgan fingerprint density at radius 2 is 1.71 bits per heavy atom. The molecule has 0 saturated carbocycles. The lowest BCUT2D eigenvalue weighted by molar-refractivity contribution is -0.146. The average molecular weight is 457 g/mol. The Morgan fingerprint density at radius 1 is 1.03 bits per heavy atom. The van der Waals surface area contributed by atoms with Crippen molar-refractivity contribution in [3.05, 3.63) is 90.0 Å². The third-order valence-corrected chi connectivity index (χ3v) is 6.97. The molecule has 0 radical (unpaired) electrons. The molecule has 174 valence electrons. The van der Waals surface area contributed by atoms with Crippen LogP contribution in [0.25, 0.3) is 0 Å². The maximum Gasteiger partial charge on any atom is 0.264 e. The first-order chi connectivity index (χ1) is 16.6. The van der Waals surface area contributed by atoms with Gasteiger partial charge >= 0.3 is 0 Å². The molecule has 3 atom stereocenters. The number of aliphatic hydroxyl groups excluding tert-OH is 1. The fraction of sp³-hybridized carbons (Fsp3) is 0.286. The molecule has 2 heterocycles. The Labute approximate surface area is 199 Å². The standard InChI is InChI=1S/C28H28N2O4/c1-20-17-24(15-16-31)34-28(20)25-9-5-6-10-26(25)29(27(28)33)18-21-11-13-23(14-12-21)30(19-32)22-7-3-2-4-8-22/h2-14,19-20,24,31H,15-18H2,1H3/t20-,24+,28+/m0/s1. The Morgan fingerprint density at radius 3 is 2.41 bits per heavy atom. The smallest absolute Gasteiger partial charge is 0.264 e. The van der Waals surface area contributed by atoms with Crippen molar-refractivity contribution in [1.29, 1.82) is 0 Å². The molecule has 0 aliphatic carbocycles. The fourth-order valence-electron chi connectivity index (χ4n) is 5.31. The zero-order chi connectivity index (χ0) is 23.7. The van der Waals surface area contributed by atoms with Crippen LogP contribution in [-0.2, 0) is 26.5 Å². The van der Waals surface area contributed by atoms with Crippen LogP contribution in [0.15, 0.2) is 78.9 Å². The lowest BCUT2D eigenvalue weighted by atomic mass is 9.83. The van der Waals surface area contributed by atoms with Crippen molar-refractivity contribution in [1.82, 2.24) is 0 Å². The first-order valence-electron chi connectivity index (χ1n) is 11.7. The van der Waals surface area contributed by atoms with E-state index in [0.29, 0.717) is 13.0 Å². The lowest BCUT2D eigenvalue weighted by Crippen LogP contribution is -2.43. The quantitative estimate of drug-likeness (QED) is 0.531. The SMILES string of the molecule is C[C@H]1C[C@@H](CCO)O[C@]12C(=O)N(Cc1ccc(N(C=O)c3ccccc3)cc1)c1ccccc12. The largest absolute Gasteiger partial charge is 0.396 e. The Kier molecular flexibility index (Phi) is 5.94. The number of benzene rings is 3. The zero-order valence-electron chi connectivity index (χ0n) is 19.1. The third-order valence-electron chi connectivity index (χ3n) is 6.97. The number of rotatable bonds is 7. The lowest BCUT2D eigenvalue weighted by Gasteiger charge is -2.28. The molecular weight excluding hydrogens is 428 g/mol. The van der Waals surface area contributed by atoms with Gasteiger partial charge in [-0.25, -0.2) is 0 Å². The number of para-hydroxylation sites is 2. The third kappa shape index (κ3) is 3.59. The average Bonchev–Trinajstić information content (AvgIpc) is 3.31. The summed E-state index contributed by atoms with van der Waals surface area (Å²) in [6, 6.07) is 25.0. The molecule has 3 aromatic carbocycles. The van der Waals surface area contributed by atoms with Crippen molar-refractivity contribution in [3.63, 3.8) is 0 Å². The number of carbonyl (C=O) groups is 2. The van der Waals surface area contributed by atoms with E-state index in [1.54, 1.807) is 9.80 Å². The van der Waals surface area contributed by atoms with E-state index in [4.69, 9.17) is 4.74 Å². The summed E-state index contributed by atoms with van der Waals surface area (Å²) in [6.45, 7) is 2.51. The second kappa shape index (κ2) is 9.05. The predicted octanol–water partition coefficient (Wildman–Crippen LogP) is 4.53. The zero-order valence-corrected chi connectivity index (χ0v) is 19.1. The highest BCUT2D eigenvalue weighted by Crippen LogP contribution is 2.53. The normalized spacial score (nSPS) is 23.4. The molecule has 6 nitrogen and oxygen atoms in total. The van der Waals surface area contributed by atoms with Gasteiger partial charge in [-0.2, -0.15) is 0 Å². The van der Waals surface area contributed by atoms with E-state index in [9.17, 15) is 14.7 Å². The van der Waals surface area contributed by atoms with Gasteiger partial charge in [-0.1, -0.05) is 55.5 Å². The van der Waals surface area contributed by atoms with Gasteiger partial charge in [0.05, 0.1) is 18.3 Å². The molecule has 0 unspecified atom stereocenters. The minimum absolute atomic E-state index is 0.0112. The van der Waals surface area contributed by atoms with E-state index in [2.05, 4.69) is 6.92 Å². The van der Waals surface area contributed by atoms with E-state index < -0.39 is 5.60 Å². The molecule has 1 fully saturated rings. The monoisotopic (exact) mass is 456 g/mol. The highest BCUT2D eigenvalue weighted by atomic mass is 16.5. The van der Waals surface area contributed by atoms with Gasteiger partial charge in [0.1, 0.15) is 0 Å². The number of carbonyl (C=O) groups excluding carboxylic acids is 2. The van der Waals surface area contributed by atoms with Gasteiger partial charge in [-0.05, 0) is 48.7 Å². The van der Waals surface area contributed by atoms with Crippen LogP contribution in [-0.4, -0.2) is 30.1 Å². The first kappa shape index (κ1) is 22.3. The number of amides is 2. The number of ether oxygens (including phenoxy) is 1. The van der Waals surface area contributed by atoms with Gasteiger partial charge in [0, 0.05) is 29.5 Å². The molecule has 1 spiro atoms. The molecule has 3 aromatic rings. The van der Waals surface area contributed by atoms with Crippen molar-refractivity contribution in [2.75, 3.05) is 16.4 Å². The van der Waals surface area contributed by atoms with Crippen LogP contribution in [0, 0.1) is 5.92 Å². The van der Waals surface area contributed by atoms with E-state index in [0.717, 1.165) is 41.0 Å². The predicted molar refractivity (Wildman–Crippen MR) is 131 cm³/mol. The summed E-state index contributed by atoms with van der Waals surface area (Å²) in [5, 5.41) is 9.40. The van der Waals surface area contributed by atoms with E-state index >= 15 is 0 Å². The van der Waals surface area contributed by atoms with Gasteiger partial charge in [0.25, 0.3) is 5.91 Å². The number of hydrogen-bond acceptors (Lipinski definition) is 4.